The molecule has 1 fully saturated rings. The maximum absolute atomic E-state index is 6.54. The Labute approximate surface area is 249 Å². The number of anilines is 1. The number of methoxy groups -OCH3 is 2. The normalized spacial score (nSPS) is 18.2. The second-order valence-electron chi connectivity index (χ2n) is 10.7. The van der Waals surface area contributed by atoms with Crippen molar-refractivity contribution in [3.63, 3.8) is 0 Å². The molecule has 0 amide bonds. The molecule has 3 aromatic carbocycles. The fourth-order valence-corrected chi connectivity index (χ4v) is 5.61. The van der Waals surface area contributed by atoms with E-state index in [0.717, 1.165) is 80.7 Å². The van der Waals surface area contributed by atoms with Crippen molar-refractivity contribution < 1.29 is 28.4 Å². The van der Waals surface area contributed by atoms with Gasteiger partial charge in [0.15, 0.2) is 11.5 Å². The topological polar surface area (TPSA) is 70.7 Å². The summed E-state index contributed by atoms with van der Waals surface area (Å²) in [7, 11) is 3.40. The van der Waals surface area contributed by atoms with Gasteiger partial charge in [-0.1, -0.05) is 30.3 Å². The Morgan fingerprint density at radius 3 is 2.57 bits per heavy atom. The van der Waals surface area contributed by atoms with Crippen molar-refractivity contribution in [2.24, 2.45) is 0 Å². The van der Waals surface area contributed by atoms with Gasteiger partial charge in [-0.05, 0) is 66.9 Å². The van der Waals surface area contributed by atoms with Crippen molar-refractivity contribution >= 4 is 5.69 Å². The van der Waals surface area contributed by atoms with Crippen LogP contribution in [0.3, 0.4) is 0 Å². The molecule has 2 unspecified atom stereocenters. The third-order valence-corrected chi connectivity index (χ3v) is 7.84. The minimum Gasteiger partial charge on any atom is -0.493 e. The molecule has 2 heterocycles. The van der Waals surface area contributed by atoms with E-state index in [1.54, 1.807) is 14.2 Å². The van der Waals surface area contributed by atoms with E-state index in [0.29, 0.717) is 32.3 Å². The minimum absolute atomic E-state index is 0.0998. The van der Waals surface area contributed by atoms with Crippen LogP contribution in [0.15, 0.2) is 66.7 Å². The first-order valence-corrected chi connectivity index (χ1v) is 15.1. The average molecular weight is 577 g/mol. The average Bonchev–Trinajstić information content (AvgIpc) is 3.04. The van der Waals surface area contributed by atoms with Crippen LogP contribution in [0.1, 0.15) is 36.3 Å². The van der Waals surface area contributed by atoms with Gasteiger partial charge in [-0.2, -0.15) is 0 Å². The molecule has 2 atom stereocenters. The van der Waals surface area contributed by atoms with E-state index in [1.807, 2.05) is 24.3 Å². The fraction of sp³-hybridized carbons (Fsp3) is 0.471. The van der Waals surface area contributed by atoms with Gasteiger partial charge in [0.2, 0.25) is 0 Å². The van der Waals surface area contributed by atoms with Gasteiger partial charge in [-0.15, -0.1) is 0 Å². The number of piperidine rings is 1. The molecule has 0 radical (unpaired) electrons. The van der Waals surface area contributed by atoms with Crippen LogP contribution in [-0.4, -0.2) is 72.9 Å². The summed E-state index contributed by atoms with van der Waals surface area (Å²) in [6.07, 6.45) is 2.91. The largest absolute Gasteiger partial charge is 0.493 e. The van der Waals surface area contributed by atoms with Crippen LogP contribution < -0.4 is 29.2 Å². The highest BCUT2D eigenvalue weighted by molar-refractivity contribution is 5.61. The summed E-state index contributed by atoms with van der Waals surface area (Å²) in [6.45, 7) is 6.88. The highest BCUT2D eigenvalue weighted by Gasteiger charge is 2.27. The summed E-state index contributed by atoms with van der Waals surface area (Å²) < 4.78 is 34.9. The zero-order valence-electron chi connectivity index (χ0n) is 24.9. The SMILES string of the molecule is COCCCN1CCOc2ccc(COC3CNCCC3c3ccc(OCCCOc4ccccc4OC)cc3)cc21. The monoisotopic (exact) mass is 576 g/mol. The first-order valence-electron chi connectivity index (χ1n) is 15.1. The van der Waals surface area contributed by atoms with Crippen LogP contribution in [0.4, 0.5) is 5.69 Å². The Balaban J connectivity index is 1.11. The molecule has 0 aromatic heterocycles. The lowest BCUT2D eigenvalue weighted by molar-refractivity contribution is 0.0106. The zero-order chi connectivity index (χ0) is 29.0. The lowest BCUT2D eigenvalue weighted by Crippen LogP contribution is -2.41. The maximum Gasteiger partial charge on any atom is 0.161 e. The first kappa shape index (κ1) is 30.0. The van der Waals surface area contributed by atoms with Gasteiger partial charge in [0.25, 0.3) is 0 Å². The van der Waals surface area contributed by atoms with Gasteiger partial charge < -0.3 is 38.6 Å². The number of nitrogens with zero attached hydrogens (tertiary/aromatic N) is 1. The molecular weight excluding hydrogens is 532 g/mol. The summed E-state index contributed by atoms with van der Waals surface area (Å²) in [6, 6.07) is 22.6. The molecule has 2 aliphatic heterocycles. The van der Waals surface area contributed by atoms with Crippen molar-refractivity contribution in [1.82, 2.24) is 5.32 Å². The van der Waals surface area contributed by atoms with Crippen LogP contribution in [0, 0.1) is 0 Å². The van der Waals surface area contributed by atoms with Crippen molar-refractivity contribution in [2.75, 3.05) is 71.7 Å². The molecule has 0 spiro atoms. The second kappa shape index (κ2) is 15.7. The third kappa shape index (κ3) is 8.09. The minimum atomic E-state index is 0.0998. The Kier molecular flexibility index (Phi) is 11.2. The highest BCUT2D eigenvalue weighted by atomic mass is 16.5. The first-order chi connectivity index (χ1) is 20.7. The van der Waals surface area contributed by atoms with E-state index >= 15 is 0 Å². The molecule has 2 aliphatic rings. The molecule has 8 heteroatoms. The molecule has 0 saturated carbocycles. The number of rotatable bonds is 15. The van der Waals surface area contributed by atoms with Crippen molar-refractivity contribution in [3.05, 3.63) is 77.9 Å². The van der Waals surface area contributed by atoms with E-state index < -0.39 is 0 Å². The number of hydrogen-bond donors (Lipinski definition) is 1. The number of benzene rings is 3. The molecule has 0 aliphatic carbocycles. The predicted molar refractivity (Wildman–Crippen MR) is 164 cm³/mol. The third-order valence-electron chi connectivity index (χ3n) is 7.84. The number of fused-ring (bicyclic) bond motifs is 1. The molecule has 1 N–H and O–H groups in total. The lowest BCUT2D eigenvalue weighted by Gasteiger charge is -2.33. The molecule has 8 nitrogen and oxygen atoms in total. The summed E-state index contributed by atoms with van der Waals surface area (Å²) in [5.74, 6) is 3.65. The molecule has 42 heavy (non-hydrogen) atoms. The van der Waals surface area contributed by atoms with E-state index in [-0.39, 0.29) is 6.10 Å². The smallest absolute Gasteiger partial charge is 0.161 e. The number of hydrogen-bond acceptors (Lipinski definition) is 8. The Morgan fingerprint density at radius 2 is 1.74 bits per heavy atom. The van der Waals surface area contributed by atoms with Gasteiger partial charge in [0, 0.05) is 39.1 Å². The van der Waals surface area contributed by atoms with Crippen molar-refractivity contribution in [1.29, 1.82) is 0 Å². The van der Waals surface area contributed by atoms with E-state index in [4.69, 9.17) is 28.4 Å². The van der Waals surface area contributed by atoms with Crippen LogP contribution in [0.2, 0.25) is 0 Å². The number of nitrogens with one attached hydrogen (secondary N) is 1. The zero-order valence-corrected chi connectivity index (χ0v) is 24.9. The van der Waals surface area contributed by atoms with Crippen LogP contribution in [0.5, 0.6) is 23.0 Å². The molecule has 1 saturated heterocycles. The van der Waals surface area contributed by atoms with Crippen LogP contribution in [-0.2, 0) is 16.1 Å². The summed E-state index contributed by atoms with van der Waals surface area (Å²) in [5.41, 5.74) is 3.61. The van der Waals surface area contributed by atoms with Gasteiger partial charge >= 0.3 is 0 Å². The Bertz CT molecular complexity index is 1240. The van der Waals surface area contributed by atoms with Crippen LogP contribution in [0.25, 0.3) is 0 Å². The summed E-state index contributed by atoms with van der Waals surface area (Å²) in [5, 5.41) is 3.52. The molecular formula is C34H44N2O6. The highest BCUT2D eigenvalue weighted by Crippen LogP contribution is 2.34. The standard InChI is InChI=1S/C34H44N2O6/c1-37-19-5-17-36-18-22-41-31-14-9-26(23-30(31)36)25-42-34-24-35-16-15-29(34)27-10-12-28(13-11-27)39-20-6-21-40-33-8-4-3-7-32(33)38-2/h3-4,7-14,23,29,34-35H,5-6,15-22,24-25H2,1-2H3. The lowest BCUT2D eigenvalue weighted by atomic mass is 9.87. The Morgan fingerprint density at radius 1 is 0.905 bits per heavy atom. The summed E-state index contributed by atoms with van der Waals surface area (Å²) in [4.78, 5) is 2.39. The van der Waals surface area contributed by atoms with Crippen LogP contribution >= 0.6 is 0 Å². The predicted octanol–water partition coefficient (Wildman–Crippen LogP) is 5.44. The van der Waals surface area contributed by atoms with Gasteiger partial charge in [-0.25, -0.2) is 0 Å². The van der Waals surface area contributed by atoms with Crippen molar-refractivity contribution in [3.8, 4) is 23.0 Å². The Hall–Kier alpha value is -3.46. The van der Waals surface area contributed by atoms with Crippen molar-refractivity contribution in [2.45, 2.75) is 37.9 Å². The number of ether oxygens (including phenoxy) is 6. The quantitative estimate of drug-likeness (QED) is 0.240. The second-order valence-corrected chi connectivity index (χ2v) is 10.7. The molecule has 3 aromatic rings. The van der Waals surface area contributed by atoms with Gasteiger partial charge in [-0.3, -0.25) is 0 Å². The molecule has 0 bridgehead atoms. The number of para-hydroxylation sites is 2. The van der Waals surface area contributed by atoms with E-state index in [1.165, 1.54) is 11.1 Å². The fourth-order valence-electron chi connectivity index (χ4n) is 5.61. The van der Waals surface area contributed by atoms with Gasteiger partial charge in [0.05, 0.1) is 45.3 Å². The molecule has 5 rings (SSSR count). The van der Waals surface area contributed by atoms with Gasteiger partial charge in [0.1, 0.15) is 18.1 Å². The summed E-state index contributed by atoms with van der Waals surface area (Å²) >= 11 is 0. The van der Waals surface area contributed by atoms with E-state index in [2.05, 4.69) is 52.7 Å². The van der Waals surface area contributed by atoms with E-state index in [9.17, 15) is 0 Å². The maximum atomic E-state index is 6.54. The molecule has 226 valence electrons.